The lowest BCUT2D eigenvalue weighted by molar-refractivity contribution is -0.149. The standard InChI is InChI=1S/C17H22N4O4/c18-13(5-8-22)14(23)17(19,15(24)25)10-16(6-7-16)12-3-1-11(2-4-12)9-21-20/h1-4,8-9,13H,5-7,10,18-20H2,(H,24,25). The maximum absolute atomic E-state index is 12.5. The zero-order valence-corrected chi connectivity index (χ0v) is 13.7. The van der Waals surface area contributed by atoms with Gasteiger partial charge in [0.05, 0.1) is 12.3 Å². The van der Waals surface area contributed by atoms with E-state index in [2.05, 4.69) is 5.10 Å². The van der Waals surface area contributed by atoms with Crippen molar-refractivity contribution in [3.63, 3.8) is 0 Å². The first-order chi connectivity index (χ1) is 11.8. The van der Waals surface area contributed by atoms with Crippen molar-refractivity contribution in [2.45, 2.75) is 42.7 Å². The van der Waals surface area contributed by atoms with E-state index in [4.69, 9.17) is 17.3 Å². The first kappa shape index (κ1) is 18.8. The van der Waals surface area contributed by atoms with Crippen molar-refractivity contribution < 1.29 is 19.5 Å². The lowest BCUT2D eigenvalue weighted by atomic mass is 9.77. The highest BCUT2D eigenvalue weighted by molar-refractivity contribution is 6.10. The molecule has 0 aliphatic heterocycles. The second-order valence-electron chi connectivity index (χ2n) is 6.51. The van der Waals surface area contributed by atoms with E-state index >= 15 is 0 Å². The molecule has 1 fully saturated rings. The molecule has 1 aromatic rings. The van der Waals surface area contributed by atoms with E-state index < -0.39 is 28.7 Å². The van der Waals surface area contributed by atoms with Gasteiger partial charge in [0.1, 0.15) is 6.29 Å². The molecule has 8 nitrogen and oxygen atoms in total. The number of rotatable bonds is 9. The number of hydrogen-bond donors (Lipinski definition) is 4. The molecule has 7 N–H and O–H groups in total. The van der Waals surface area contributed by atoms with Crippen molar-refractivity contribution >= 4 is 24.3 Å². The largest absolute Gasteiger partial charge is 0.480 e. The molecule has 0 spiro atoms. The molecule has 2 unspecified atom stereocenters. The van der Waals surface area contributed by atoms with Crippen LogP contribution in [0.2, 0.25) is 0 Å². The van der Waals surface area contributed by atoms with Crippen LogP contribution in [0.4, 0.5) is 0 Å². The van der Waals surface area contributed by atoms with Gasteiger partial charge in [-0.1, -0.05) is 24.3 Å². The smallest absolute Gasteiger partial charge is 0.331 e. The van der Waals surface area contributed by atoms with Crippen LogP contribution in [0.3, 0.4) is 0 Å². The molecule has 1 aliphatic rings. The van der Waals surface area contributed by atoms with Gasteiger partial charge in [-0.05, 0) is 35.8 Å². The summed E-state index contributed by atoms with van der Waals surface area (Å²) in [5.74, 6) is 2.85. The summed E-state index contributed by atoms with van der Waals surface area (Å²) in [5.41, 5.74) is 10.7. The fourth-order valence-electron chi connectivity index (χ4n) is 3.07. The highest BCUT2D eigenvalue weighted by Gasteiger charge is 2.55. The predicted molar refractivity (Wildman–Crippen MR) is 92.0 cm³/mol. The predicted octanol–water partition coefficient (Wildman–Crippen LogP) is -0.332. The molecule has 0 aromatic heterocycles. The molecule has 0 radical (unpaired) electrons. The second-order valence-corrected chi connectivity index (χ2v) is 6.51. The molecule has 25 heavy (non-hydrogen) atoms. The van der Waals surface area contributed by atoms with Gasteiger partial charge in [-0.2, -0.15) is 5.10 Å². The average molecular weight is 346 g/mol. The third-order valence-corrected chi connectivity index (χ3v) is 4.73. The van der Waals surface area contributed by atoms with Gasteiger partial charge < -0.3 is 27.2 Å². The first-order valence-corrected chi connectivity index (χ1v) is 7.89. The van der Waals surface area contributed by atoms with Gasteiger partial charge in [-0.25, -0.2) is 4.79 Å². The van der Waals surface area contributed by atoms with Crippen LogP contribution in [0, 0.1) is 0 Å². The number of carbonyl (C=O) groups excluding carboxylic acids is 2. The molecule has 1 aliphatic carbocycles. The molecule has 8 heteroatoms. The van der Waals surface area contributed by atoms with E-state index in [9.17, 15) is 19.5 Å². The van der Waals surface area contributed by atoms with Crippen molar-refractivity contribution in [3.05, 3.63) is 35.4 Å². The fourth-order valence-corrected chi connectivity index (χ4v) is 3.07. The summed E-state index contributed by atoms with van der Waals surface area (Å²) < 4.78 is 0. The summed E-state index contributed by atoms with van der Waals surface area (Å²) in [6, 6.07) is 6.09. The van der Waals surface area contributed by atoms with Gasteiger partial charge in [-0.15, -0.1) is 0 Å². The van der Waals surface area contributed by atoms with E-state index in [1.165, 1.54) is 6.21 Å². The number of carbonyl (C=O) groups is 3. The number of Topliss-reactive ketones (excluding diaryl/α,β-unsaturated/α-hetero) is 1. The SMILES string of the molecule is NN=Cc1ccc(C2(CC(N)(C(=O)O)C(=O)C(N)CC=O)CC2)cc1. The van der Waals surface area contributed by atoms with Gasteiger partial charge in [0.25, 0.3) is 0 Å². The Kier molecular flexibility index (Phi) is 5.34. The van der Waals surface area contributed by atoms with E-state index in [0.29, 0.717) is 6.29 Å². The normalized spacial score (nSPS) is 19.1. The van der Waals surface area contributed by atoms with Crippen LogP contribution in [-0.2, 0) is 19.8 Å². The number of aliphatic carboxylic acids is 1. The van der Waals surface area contributed by atoms with Crippen LogP contribution >= 0.6 is 0 Å². The molecule has 2 atom stereocenters. The van der Waals surface area contributed by atoms with Gasteiger partial charge in [0, 0.05) is 6.42 Å². The van der Waals surface area contributed by atoms with E-state index in [0.717, 1.165) is 24.0 Å². The van der Waals surface area contributed by atoms with Crippen LogP contribution in [-0.4, -0.2) is 40.9 Å². The number of hydrogen-bond acceptors (Lipinski definition) is 7. The highest BCUT2D eigenvalue weighted by Crippen LogP contribution is 2.53. The Bertz CT molecular complexity index is 697. The Morgan fingerprint density at radius 1 is 1.32 bits per heavy atom. The summed E-state index contributed by atoms with van der Waals surface area (Å²) in [6.45, 7) is 0. The van der Waals surface area contributed by atoms with Crippen LogP contribution in [0.15, 0.2) is 29.4 Å². The Morgan fingerprint density at radius 3 is 2.36 bits per heavy atom. The Morgan fingerprint density at radius 2 is 1.92 bits per heavy atom. The number of nitrogens with zero attached hydrogens (tertiary/aromatic N) is 1. The third-order valence-electron chi connectivity index (χ3n) is 4.73. The van der Waals surface area contributed by atoms with E-state index in [1.807, 2.05) is 24.3 Å². The maximum Gasteiger partial charge on any atom is 0.331 e. The molecule has 0 heterocycles. The van der Waals surface area contributed by atoms with Crippen LogP contribution < -0.4 is 17.3 Å². The topological polar surface area (TPSA) is 162 Å². The average Bonchev–Trinajstić information content (AvgIpc) is 3.35. The summed E-state index contributed by atoms with van der Waals surface area (Å²) >= 11 is 0. The van der Waals surface area contributed by atoms with Crippen LogP contribution in [0.25, 0.3) is 0 Å². The highest BCUT2D eigenvalue weighted by atomic mass is 16.4. The fraction of sp³-hybridized carbons (Fsp3) is 0.412. The molecule has 1 aromatic carbocycles. The first-order valence-electron chi connectivity index (χ1n) is 7.89. The molecule has 0 saturated heterocycles. The second kappa shape index (κ2) is 7.12. The summed E-state index contributed by atoms with van der Waals surface area (Å²) in [6.07, 6.45) is 3.10. The Hall–Kier alpha value is -2.58. The van der Waals surface area contributed by atoms with Gasteiger partial charge in [-0.3, -0.25) is 4.79 Å². The van der Waals surface area contributed by atoms with Crippen molar-refractivity contribution in [3.8, 4) is 0 Å². The summed E-state index contributed by atoms with van der Waals surface area (Å²) in [4.78, 5) is 34.8. The van der Waals surface area contributed by atoms with Gasteiger partial charge in [0.15, 0.2) is 11.3 Å². The van der Waals surface area contributed by atoms with Crippen LogP contribution in [0.1, 0.15) is 36.8 Å². The minimum absolute atomic E-state index is 0.0644. The minimum Gasteiger partial charge on any atom is -0.480 e. The third kappa shape index (κ3) is 3.75. The zero-order chi connectivity index (χ0) is 18.7. The number of benzene rings is 1. The quantitative estimate of drug-likeness (QED) is 0.156. The maximum atomic E-state index is 12.5. The summed E-state index contributed by atoms with van der Waals surface area (Å²) in [7, 11) is 0. The van der Waals surface area contributed by atoms with Crippen molar-refractivity contribution in [2.75, 3.05) is 0 Å². The number of nitrogens with two attached hydrogens (primary N) is 3. The van der Waals surface area contributed by atoms with Gasteiger partial charge >= 0.3 is 5.97 Å². The zero-order valence-electron chi connectivity index (χ0n) is 13.7. The Labute approximate surface area is 145 Å². The number of hydrazone groups is 1. The molecule has 0 amide bonds. The van der Waals surface area contributed by atoms with Crippen molar-refractivity contribution in [1.29, 1.82) is 0 Å². The lowest BCUT2D eigenvalue weighted by Crippen LogP contribution is -2.61. The van der Waals surface area contributed by atoms with Gasteiger partial charge in [0.2, 0.25) is 0 Å². The molecule has 0 bridgehead atoms. The minimum atomic E-state index is -2.13. The Balaban J connectivity index is 2.28. The van der Waals surface area contributed by atoms with E-state index in [-0.39, 0.29) is 12.8 Å². The molecular formula is C17H22N4O4. The van der Waals surface area contributed by atoms with Crippen LogP contribution in [0.5, 0.6) is 0 Å². The molecule has 2 rings (SSSR count). The number of aldehydes is 1. The monoisotopic (exact) mass is 346 g/mol. The molecule has 134 valence electrons. The van der Waals surface area contributed by atoms with E-state index in [1.54, 1.807) is 0 Å². The van der Waals surface area contributed by atoms with Crippen molar-refractivity contribution in [2.24, 2.45) is 22.4 Å². The molecular weight excluding hydrogens is 324 g/mol. The lowest BCUT2D eigenvalue weighted by Gasteiger charge is -2.30. The number of carboxylic acids is 1. The number of carboxylic acid groups (broad SMARTS) is 1. The summed E-state index contributed by atoms with van der Waals surface area (Å²) in [5, 5.41) is 13.0. The molecule has 1 saturated carbocycles. The van der Waals surface area contributed by atoms with Crippen molar-refractivity contribution in [1.82, 2.24) is 0 Å². The number of ketones is 1.